The van der Waals surface area contributed by atoms with Gasteiger partial charge in [-0.15, -0.1) is 0 Å². The van der Waals surface area contributed by atoms with Gasteiger partial charge in [-0.05, 0) is 114 Å². The number of hydrogen-bond donors (Lipinski definition) is 0. The standard InChI is InChI=1S/C57H39NO/c1-57(2)51-26-13-12-22-45(51)46-29-27-41(35-52(46)57)58(53-32-39-19-8-9-20-42(39)44-21-10-11-23-47(44)53)40-28-30-54-50(34-40)56-43(36-15-4-3-5-16-36)24-14-25-48(56)49-31-37-17-6-7-18-38(37)33-55(49)59-54/h3-35H,1-2H3. The molecule has 0 fully saturated rings. The molecule has 278 valence electrons. The van der Waals surface area contributed by atoms with Crippen LogP contribution in [0.25, 0.3) is 76.8 Å². The topological polar surface area (TPSA) is 12.5 Å². The minimum absolute atomic E-state index is 0.153. The van der Waals surface area contributed by atoms with Crippen molar-refractivity contribution in [2.45, 2.75) is 19.3 Å². The van der Waals surface area contributed by atoms with Gasteiger partial charge in [0.2, 0.25) is 0 Å². The Morgan fingerprint density at radius 1 is 0.373 bits per heavy atom. The minimum Gasteiger partial charge on any atom is -0.456 e. The van der Waals surface area contributed by atoms with E-state index in [9.17, 15) is 0 Å². The highest BCUT2D eigenvalue weighted by Gasteiger charge is 2.36. The van der Waals surface area contributed by atoms with E-state index in [0.29, 0.717) is 0 Å². The molecule has 59 heavy (non-hydrogen) atoms. The number of rotatable bonds is 4. The Morgan fingerprint density at radius 2 is 1.00 bits per heavy atom. The van der Waals surface area contributed by atoms with Crippen LogP contribution >= 0.6 is 0 Å². The van der Waals surface area contributed by atoms with E-state index in [1.807, 2.05) is 0 Å². The summed E-state index contributed by atoms with van der Waals surface area (Å²) in [5.74, 6) is 1.70. The van der Waals surface area contributed by atoms with Crippen LogP contribution in [0.3, 0.4) is 0 Å². The molecule has 0 saturated heterocycles. The van der Waals surface area contributed by atoms with Gasteiger partial charge >= 0.3 is 0 Å². The lowest BCUT2D eigenvalue weighted by Crippen LogP contribution is -2.16. The second-order valence-corrected chi connectivity index (χ2v) is 16.5. The van der Waals surface area contributed by atoms with E-state index in [4.69, 9.17) is 4.74 Å². The van der Waals surface area contributed by atoms with Gasteiger partial charge in [0.05, 0.1) is 5.69 Å². The van der Waals surface area contributed by atoms with Crippen molar-refractivity contribution in [2.24, 2.45) is 0 Å². The fourth-order valence-electron chi connectivity index (χ4n) is 9.98. The van der Waals surface area contributed by atoms with Gasteiger partial charge in [0.15, 0.2) is 0 Å². The van der Waals surface area contributed by atoms with Gasteiger partial charge in [0.1, 0.15) is 11.5 Å². The Balaban J connectivity index is 1.15. The summed E-state index contributed by atoms with van der Waals surface area (Å²) in [4.78, 5) is 2.48. The summed E-state index contributed by atoms with van der Waals surface area (Å²) in [7, 11) is 0. The average molecular weight is 754 g/mol. The third-order valence-corrected chi connectivity index (χ3v) is 12.8. The lowest BCUT2D eigenvalue weighted by Gasteiger charge is -2.30. The van der Waals surface area contributed by atoms with Crippen LogP contribution in [-0.2, 0) is 5.41 Å². The average Bonchev–Trinajstić information content (AvgIpc) is 3.42. The molecule has 0 aromatic heterocycles. The molecule has 1 aliphatic carbocycles. The Bertz CT molecular complexity index is 3340. The molecule has 1 aliphatic heterocycles. The van der Waals surface area contributed by atoms with Crippen molar-refractivity contribution in [3.8, 4) is 56.0 Å². The van der Waals surface area contributed by atoms with Crippen molar-refractivity contribution in [3.05, 3.63) is 211 Å². The highest BCUT2D eigenvalue weighted by molar-refractivity contribution is 6.15. The lowest BCUT2D eigenvalue weighted by atomic mass is 9.82. The van der Waals surface area contributed by atoms with E-state index in [1.54, 1.807) is 0 Å². The number of nitrogens with zero attached hydrogens (tertiary/aromatic N) is 1. The van der Waals surface area contributed by atoms with Crippen LogP contribution in [0.1, 0.15) is 25.0 Å². The fraction of sp³-hybridized carbons (Fsp3) is 0.0526. The Hall–Kier alpha value is -7.42. The highest BCUT2D eigenvalue weighted by atomic mass is 16.5. The first-order chi connectivity index (χ1) is 29.0. The summed E-state index contributed by atoms with van der Waals surface area (Å²) >= 11 is 0. The second-order valence-electron chi connectivity index (χ2n) is 16.5. The van der Waals surface area contributed by atoms with Gasteiger partial charge in [-0.25, -0.2) is 0 Å². The van der Waals surface area contributed by atoms with Gasteiger partial charge in [-0.1, -0.05) is 166 Å². The number of hydrogen-bond acceptors (Lipinski definition) is 2. The second kappa shape index (κ2) is 12.8. The first-order valence-electron chi connectivity index (χ1n) is 20.5. The molecule has 2 nitrogen and oxygen atoms in total. The molecule has 0 radical (unpaired) electrons. The van der Waals surface area contributed by atoms with E-state index in [1.165, 1.54) is 65.9 Å². The third-order valence-electron chi connectivity index (χ3n) is 12.8. The fourth-order valence-corrected chi connectivity index (χ4v) is 9.98. The zero-order valence-corrected chi connectivity index (χ0v) is 32.9. The third kappa shape index (κ3) is 5.13. The normalized spacial score (nSPS) is 13.2. The van der Waals surface area contributed by atoms with Crippen molar-refractivity contribution in [1.29, 1.82) is 0 Å². The maximum atomic E-state index is 7.06. The smallest absolute Gasteiger partial charge is 0.135 e. The van der Waals surface area contributed by atoms with E-state index in [-0.39, 0.29) is 5.41 Å². The largest absolute Gasteiger partial charge is 0.456 e. The maximum absolute atomic E-state index is 7.06. The molecule has 10 aromatic carbocycles. The van der Waals surface area contributed by atoms with E-state index in [2.05, 4.69) is 219 Å². The number of anilines is 3. The first kappa shape index (κ1) is 33.7. The maximum Gasteiger partial charge on any atom is 0.135 e. The summed E-state index contributed by atoms with van der Waals surface area (Å²) < 4.78 is 7.06. The molecular formula is C57H39NO. The monoisotopic (exact) mass is 753 g/mol. The Labute approximate surface area is 344 Å². The molecule has 0 amide bonds. The lowest BCUT2D eigenvalue weighted by molar-refractivity contribution is 0.488. The predicted molar refractivity (Wildman–Crippen MR) is 248 cm³/mol. The minimum atomic E-state index is -0.153. The van der Waals surface area contributed by atoms with Crippen molar-refractivity contribution in [1.82, 2.24) is 0 Å². The van der Waals surface area contributed by atoms with Crippen LogP contribution in [0.4, 0.5) is 17.1 Å². The van der Waals surface area contributed by atoms with Gasteiger partial charge in [-0.2, -0.15) is 0 Å². The molecule has 2 heteroatoms. The van der Waals surface area contributed by atoms with Crippen LogP contribution in [-0.4, -0.2) is 0 Å². The molecule has 0 atom stereocenters. The van der Waals surface area contributed by atoms with Gasteiger partial charge < -0.3 is 9.64 Å². The number of fused-ring (bicyclic) bond motifs is 12. The molecule has 0 unspecified atom stereocenters. The molecule has 12 rings (SSSR count). The SMILES string of the molecule is CC1(C)c2ccccc2-c2ccc(N(c3ccc4c(c3)-c3c(-c5ccccc5)cccc3-c3cc5ccccc5cc3O4)c3cc4ccccc4c4ccccc34)cc21. The van der Waals surface area contributed by atoms with Gasteiger partial charge in [0.25, 0.3) is 0 Å². The first-order valence-corrected chi connectivity index (χ1v) is 20.5. The van der Waals surface area contributed by atoms with Crippen molar-refractivity contribution >= 4 is 49.4 Å². The van der Waals surface area contributed by atoms with Crippen LogP contribution in [0.5, 0.6) is 11.5 Å². The van der Waals surface area contributed by atoms with Gasteiger partial charge in [-0.3, -0.25) is 0 Å². The van der Waals surface area contributed by atoms with E-state index in [0.717, 1.165) is 50.6 Å². The summed E-state index contributed by atoms with van der Waals surface area (Å²) in [6, 6.07) is 73.3. The summed E-state index contributed by atoms with van der Waals surface area (Å²) in [6.07, 6.45) is 0. The Kier molecular flexibility index (Phi) is 7.31. The van der Waals surface area contributed by atoms with Crippen LogP contribution < -0.4 is 9.64 Å². The predicted octanol–water partition coefficient (Wildman–Crippen LogP) is 16.0. The molecular weight excluding hydrogens is 715 g/mol. The molecule has 10 aromatic rings. The zero-order valence-electron chi connectivity index (χ0n) is 32.9. The van der Waals surface area contributed by atoms with Crippen LogP contribution in [0.15, 0.2) is 200 Å². The summed E-state index contributed by atoms with van der Waals surface area (Å²) in [5.41, 5.74) is 15.3. The van der Waals surface area contributed by atoms with Crippen molar-refractivity contribution in [2.75, 3.05) is 4.90 Å². The Morgan fingerprint density at radius 3 is 1.85 bits per heavy atom. The van der Waals surface area contributed by atoms with Crippen molar-refractivity contribution < 1.29 is 4.74 Å². The summed E-state index contributed by atoms with van der Waals surface area (Å²) in [6.45, 7) is 4.72. The molecule has 0 spiro atoms. The molecule has 0 N–H and O–H groups in total. The van der Waals surface area contributed by atoms with Crippen LogP contribution in [0.2, 0.25) is 0 Å². The quantitative estimate of drug-likeness (QED) is 0.166. The van der Waals surface area contributed by atoms with Crippen LogP contribution in [0, 0.1) is 0 Å². The molecule has 2 aliphatic rings. The number of benzene rings is 10. The molecule has 1 heterocycles. The van der Waals surface area contributed by atoms with E-state index >= 15 is 0 Å². The molecule has 0 saturated carbocycles. The molecule has 0 bridgehead atoms. The van der Waals surface area contributed by atoms with E-state index < -0.39 is 0 Å². The number of ether oxygens (including phenoxy) is 1. The highest BCUT2D eigenvalue weighted by Crippen LogP contribution is 2.55. The van der Waals surface area contributed by atoms with Gasteiger partial charge in [0, 0.05) is 38.9 Å². The van der Waals surface area contributed by atoms with Crippen molar-refractivity contribution in [3.63, 3.8) is 0 Å². The zero-order chi connectivity index (χ0) is 39.2. The summed E-state index contributed by atoms with van der Waals surface area (Å²) in [5, 5.41) is 7.23.